The number of urea groups is 1. The second-order valence-electron chi connectivity index (χ2n) is 5.23. The molecular formula is C14H16N2O4. The topological polar surface area (TPSA) is 81.1 Å². The van der Waals surface area contributed by atoms with E-state index >= 15 is 0 Å². The molecule has 0 aliphatic carbocycles. The molecule has 0 radical (unpaired) electrons. The van der Waals surface area contributed by atoms with Gasteiger partial charge in [-0.3, -0.25) is 9.69 Å². The number of para-hydroxylation sites is 1. The first-order valence-corrected chi connectivity index (χ1v) is 6.64. The average molecular weight is 276 g/mol. The molecule has 2 heterocycles. The summed E-state index contributed by atoms with van der Waals surface area (Å²) in [4.78, 5) is 26.9. The highest BCUT2D eigenvalue weighted by Crippen LogP contribution is 2.37. The second kappa shape index (κ2) is 4.79. The van der Waals surface area contributed by atoms with Gasteiger partial charge in [0, 0.05) is 25.3 Å². The number of carbonyl (C=O) groups excluding carboxylic acids is 1. The number of benzene rings is 1. The maximum absolute atomic E-state index is 12.5. The minimum Gasteiger partial charge on any atom is -0.481 e. The number of hydrogen-bond acceptors (Lipinski definition) is 3. The van der Waals surface area contributed by atoms with Gasteiger partial charge in [-0.25, -0.2) is 4.79 Å². The van der Waals surface area contributed by atoms with Crippen molar-refractivity contribution in [1.29, 1.82) is 0 Å². The van der Waals surface area contributed by atoms with Crippen molar-refractivity contribution in [3.8, 4) is 0 Å². The monoisotopic (exact) mass is 276 g/mol. The van der Waals surface area contributed by atoms with Crippen LogP contribution in [0.5, 0.6) is 0 Å². The summed E-state index contributed by atoms with van der Waals surface area (Å²) in [6, 6.07) is 6.87. The molecule has 1 saturated heterocycles. The first-order valence-electron chi connectivity index (χ1n) is 6.64. The number of hydrogen-bond donors (Lipinski definition) is 2. The molecule has 2 atom stereocenters. The summed E-state index contributed by atoms with van der Waals surface area (Å²) in [6.45, 7) is 0.978. The summed E-state index contributed by atoms with van der Waals surface area (Å²) in [5.41, 5.74) is 1.33. The van der Waals surface area contributed by atoms with Crippen LogP contribution in [0.15, 0.2) is 24.3 Å². The normalized spacial score (nSPS) is 24.9. The molecule has 20 heavy (non-hydrogen) atoms. The Morgan fingerprint density at radius 2 is 1.95 bits per heavy atom. The average Bonchev–Trinajstić information content (AvgIpc) is 3.02. The molecule has 2 aliphatic heterocycles. The van der Waals surface area contributed by atoms with Gasteiger partial charge in [-0.1, -0.05) is 18.2 Å². The highest BCUT2D eigenvalue weighted by molar-refractivity contribution is 5.98. The lowest BCUT2D eigenvalue weighted by Gasteiger charge is -2.24. The molecule has 1 fully saturated rings. The number of β-amino-alcohol motifs (C(OH)–C–C–N with tert-alkyl or cyclic N) is 1. The van der Waals surface area contributed by atoms with Crippen molar-refractivity contribution in [3.63, 3.8) is 0 Å². The number of nitrogens with zero attached hydrogens (tertiary/aromatic N) is 2. The van der Waals surface area contributed by atoms with Gasteiger partial charge in [-0.2, -0.15) is 0 Å². The third kappa shape index (κ3) is 2.02. The Bertz CT molecular complexity index is 560. The van der Waals surface area contributed by atoms with Crippen molar-refractivity contribution >= 4 is 17.7 Å². The van der Waals surface area contributed by atoms with E-state index in [4.69, 9.17) is 0 Å². The fraction of sp³-hybridized carbons (Fsp3) is 0.429. The smallest absolute Gasteiger partial charge is 0.324 e. The first-order chi connectivity index (χ1) is 9.58. The molecule has 6 heteroatoms. The van der Waals surface area contributed by atoms with Gasteiger partial charge >= 0.3 is 12.0 Å². The number of carbonyl (C=O) groups is 2. The first kappa shape index (κ1) is 12.9. The molecular weight excluding hydrogens is 260 g/mol. The quantitative estimate of drug-likeness (QED) is 0.797. The zero-order valence-electron chi connectivity index (χ0n) is 10.9. The Labute approximate surface area is 116 Å². The number of fused-ring (bicyclic) bond motifs is 1. The van der Waals surface area contributed by atoms with E-state index < -0.39 is 18.0 Å². The predicted octanol–water partition coefficient (Wildman–Crippen LogP) is 0.861. The molecule has 1 aromatic carbocycles. The van der Waals surface area contributed by atoms with Gasteiger partial charge in [0.2, 0.25) is 0 Å². The van der Waals surface area contributed by atoms with E-state index in [1.54, 1.807) is 29.2 Å². The zero-order chi connectivity index (χ0) is 14.3. The molecule has 2 amide bonds. The third-order valence-electron chi connectivity index (χ3n) is 3.93. The van der Waals surface area contributed by atoms with Gasteiger partial charge in [0.1, 0.15) is 5.92 Å². The fourth-order valence-electron chi connectivity index (χ4n) is 2.89. The van der Waals surface area contributed by atoms with E-state index in [0.717, 1.165) is 0 Å². The maximum atomic E-state index is 12.5. The van der Waals surface area contributed by atoms with Gasteiger partial charge in [0.15, 0.2) is 0 Å². The Hall–Kier alpha value is -2.08. The zero-order valence-corrected chi connectivity index (χ0v) is 10.9. The molecule has 1 aromatic rings. The number of rotatable bonds is 1. The summed E-state index contributed by atoms with van der Waals surface area (Å²) in [5, 5.41) is 18.8. The number of carboxylic acids is 1. The van der Waals surface area contributed by atoms with Crippen LogP contribution in [0.4, 0.5) is 10.5 Å². The number of aliphatic hydroxyl groups is 1. The van der Waals surface area contributed by atoms with Gasteiger partial charge < -0.3 is 15.1 Å². The molecule has 2 aliphatic rings. The highest BCUT2D eigenvalue weighted by Gasteiger charge is 2.39. The summed E-state index contributed by atoms with van der Waals surface area (Å²) >= 11 is 0. The predicted molar refractivity (Wildman–Crippen MR) is 71.8 cm³/mol. The molecule has 106 valence electrons. The van der Waals surface area contributed by atoms with E-state index in [-0.39, 0.29) is 12.6 Å². The lowest BCUT2D eigenvalue weighted by Crippen LogP contribution is -2.42. The second-order valence-corrected chi connectivity index (χ2v) is 5.23. The van der Waals surface area contributed by atoms with Crippen LogP contribution in [-0.2, 0) is 4.79 Å². The van der Waals surface area contributed by atoms with Gasteiger partial charge in [0.25, 0.3) is 0 Å². The number of aliphatic hydroxyl groups excluding tert-OH is 1. The Morgan fingerprint density at radius 1 is 1.20 bits per heavy atom. The molecule has 0 bridgehead atoms. The minimum absolute atomic E-state index is 0.153. The van der Waals surface area contributed by atoms with Gasteiger partial charge in [-0.15, -0.1) is 0 Å². The number of amides is 2. The van der Waals surface area contributed by atoms with E-state index in [1.165, 1.54) is 4.90 Å². The van der Waals surface area contributed by atoms with Crippen molar-refractivity contribution < 1.29 is 19.8 Å². The van der Waals surface area contributed by atoms with Crippen molar-refractivity contribution in [1.82, 2.24) is 4.90 Å². The standard InChI is InChI=1S/C14H16N2O4/c17-9-5-6-15(7-9)14(20)16-8-11(13(18)19)10-3-1-2-4-12(10)16/h1-4,9,11,17H,5-8H2,(H,18,19). The van der Waals surface area contributed by atoms with E-state index in [2.05, 4.69) is 0 Å². The van der Waals surface area contributed by atoms with Gasteiger partial charge in [0.05, 0.1) is 6.10 Å². The third-order valence-corrected chi connectivity index (χ3v) is 3.93. The van der Waals surface area contributed by atoms with Crippen LogP contribution in [0.25, 0.3) is 0 Å². The van der Waals surface area contributed by atoms with Crippen molar-refractivity contribution in [2.24, 2.45) is 0 Å². The van der Waals surface area contributed by atoms with E-state index in [0.29, 0.717) is 30.8 Å². The molecule has 0 spiro atoms. The summed E-state index contributed by atoms with van der Waals surface area (Å²) in [7, 11) is 0. The number of anilines is 1. The van der Waals surface area contributed by atoms with Crippen LogP contribution in [0.2, 0.25) is 0 Å². The SMILES string of the molecule is O=C(O)C1CN(C(=O)N2CCC(O)C2)c2ccccc21. The van der Waals surface area contributed by atoms with E-state index in [9.17, 15) is 19.8 Å². The van der Waals surface area contributed by atoms with Crippen molar-refractivity contribution in [2.45, 2.75) is 18.4 Å². The minimum atomic E-state index is -0.922. The molecule has 0 saturated carbocycles. The summed E-state index contributed by atoms with van der Waals surface area (Å²) in [5.74, 6) is -1.60. The van der Waals surface area contributed by atoms with Crippen molar-refractivity contribution in [3.05, 3.63) is 29.8 Å². The van der Waals surface area contributed by atoms with Crippen LogP contribution in [-0.4, -0.2) is 52.9 Å². The van der Waals surface area contributed by atoms with Crippen LogP contribution in [0.1, 0.15) is 17.9 Å². The molecule has 2 unspecified atom stereocenters. The maximum Gasteiger partial charge on any atom is 0.324 e. The molecule has 3 rings (SSSR count). The summed E-state index contributed by atoms with van der Waals surface area (Å²) < 4.78 is 0. The fourth-order valence-corrected chi connectivity index (χ4v) is 2.89. The molecule has 2 N–H and O–H groups in total. The van der Waals surface area contributed by atoms with Crippen LogP contribution in [0.3, 0.4) is 0 Å². The summed E-state index contributed by atoms with van der Waals surface area (Å²) in [6.07, 6.45) is 0.0934. The number of likely N-dealkylation sites (tertiary alicyclic amines) is 1. The van der Waals surface area contributed by atoms with Crippen LogP contribution < -0.4 is 4.90 Å². The Morgan fingerprint density at radius 3 is 2.60 bits per heavy atom. The lowest BCUT2D eigenvalue weighted by molar-refractivity contribution is -0.138. The Kier molecular flexibility index (Phi) is 3.10. The Balaban J connectivity index is 1.88. The van der Waals surface area contributed by atoms with E-state index in [1.807, 2.05) is 0 Å². The van der Waals surface area contributed by atoms with Crippen LogP contribution >= 0.6 is 0 Å². The molecule has 0 aromatic heterocycles. The van der Waals surface area contributed by atoms with Crippen LogP contribution in [0, 0.1) is 0 Å². The lowest BCUT2D eigenvalue weighted by atomic mass is 10.0. The van der Waals surface area contributed by atoms with Gasteiger partial charge in [-0.05, 0) is 18.1 Å². The highest BCUT2D eigenvalue weighted by atomic mass is 16.4. The van der Waals surface area contributed by atoms with Crippen molar-refractivity contribution in [2.75, 3.05) is 24.5 Å². The number of aliphatic carboxylic acids is 1. The largest absolute Gasteiger partial charge is 0.481 e. The molecule has 6 nitrogen and oxygen atoms in total. The number of carboxylic acid groups (broad SMARTS) is 1.